The molecule has 0 aliphatic rings. The third kappa shape index (κ3) is 3.80. The van der Waals surface area contributed by atoms with Crippen molar-refractivity contribution in [1.29, 1.82) is 0 Å². The van der Waals surface area contributed by atoms with Gasteiger partial charge in [0.2, 0.25) is 0 Å². The molecule has 0 N–H and O–H groups in total. The summed E-state index contributed by atoms with van der Waals surface area (Å²) in [6.45, 7) is 5.26. The van der Waals surface area contributed by atoms with Gasteiger partial charge in [-0.1, -0.05) is 12.1 Å². The molecule has 7 nitrogen and oxygen atoms in total. The molecule has 2 aromatic carbocycles. The van der Waals surface area contributed by atoms with Gasteiger partial charge in [-0.2, -0.15) is 0 Å². The summed E-state index contributed by atoms with van der Waals surface area (Å²) in [5.41, 5.74) is 0.661. The van der Waals surface area contributed by atoms with E-state index in [1.807, 2.05) is 0 Å². The van der Waals surface area contributed by atoms with Crippen LogP contribution in [0.2, 0.25) is 0 Å². The minimum absolute atomic E-state index is 0.0175. The number of ether oxygens (including phenoxy) is 1. The van der Waals surface area contributed by atoms with E-state index >= 15 is 0 Å². The second-order valence-corrected chi connectivity index (χ2v) is 7.09. The quantitative estimate of drug-likeness (QED) is 0.428. The van der Waals surface area contributed by atoms with Crippen LogP contribution in [0.3, 0.4) is 0 Å². The van der Waals surface area contributed by atoms with E-state index in [2.05, 4.69) is 6.58 Å². The maximum atomic E-state index is 13.0. The Bertz CT molecular complexity index is 892. The Morgan fingerprint density at radius 3 is 2.40 bits per heavy atom. The Kier molecular flexibility index (Phi) is 5.43. The van der Waals surface area contributed by atoms with Crippen molar-refractivity contribution in [3.05, 3.63) is 70.8 Å². The molecule has 0 atom stereocenters. The van der Waals surface area contributed by atoms with Crippen LogP contribution in [-0.2, 0) is 10.0 Å². The first-order valence-corrected chi connectivity index (χ1v) is 8.78. The molecule has 8 heteroatoms. The molecule has 2 aromatic rings. The van der Waals surface area contributed by atoms with Gasteiger partial charge in [-0.05, 0) is 36.8 Å². The monoisotopic (exact) mass is 362 g/mol. The first-order valence-electron chi connectivity index (χ1n) is 7.34. The number of anilines is 1. The largest absolute Gasteiger partial charge is 0.497 e. The maximum Gasteiger partial charge on any atom is 0.271 e. The van der Waals surface area contributed by atoms with E-state index in [0.717, 1.165) is 4.31 Å². The molecule has 0 amide bonds. The summed E-state index contributed by atoms with van der Waals surface area (Å²) >= 11 is 0. The molecular weight excluding hydrogens is 344 g/mol. The van der Waals surface area contributed by atoms with Crippen molar-refractivity contribution >= 4 is 21.4 Å². The number of nitro benzene ring substituents is 1. The molecule has 0 saturated heterocycles. The highest BCUT2D eigenvalue weighted by Crippen LogP contribution is 2.30. The third-order valence-corrected chi connectivity index (χ3v) is 5.41. The molecule has 132 valence electrons. The van der Waals surface area contributed by atoms with Gasteiger partial charge in [0, 0.05) is 12.1 Å². The van der Waals surface area contributed by atoms with Crippen LogP contribution >= 0.6 is 0 Å². The minimum atomic E-state index is -3.92. The number of nitrogens with zero attached hydrogens (tertiary/aromatic N) is 2. The van der Waals surface area contributed by atoms with Crippen molar-refractivity contribution in [2.24, 2.45) is 0 Å². The average Bonchev–Trinajstić information content (AvgIpc) is 2.60. The molecule has 0 saturated carbocycles. The van der Waals surface area contributed by atoms with E-state index in [0.29, 0.717) is 11.3 Å². The molecule has 0 aromatic heterocycles. The smallest absolute Gasteiger partial charge is 0.271 e. The molecule has 0 aliphatic carbocycles. The average molecular weight is 362 g/mol. The van der Waals surface area contributed by atoms with Crippen molar-refractivity contribution in [2.45, 2.75) is 11.8 Å². The number of sulfonamides is 1. The summed E-state index contributed by atoms with van der Waals surface area (Å²) in [5, 5.41) is 11.0. The molecule has 0 unspecified atom stereocenters. The first-order chi connectivity index (χ1) is 11.8. The topological polar surface area (TPSA) is 89.8 Å². The number of aryl methyl sites for hydroxylation is 1. The van der Waals surface area contributed by atoms with Gasteiger partial charge in [0.05, 0.1) is 29.2 Å². The number of nitro groups is 1. The highest BCUT2D eigenvalue weighted by atomic mass is 32.2. The van der Waals surface area contributed by atoms with Crippen molar-refractivity contribution in [3.63, 3.8) is 0 Å². The highest BCUT2D eigenvalue weighted by molar-refractivity contribution is 7.92. The lowest BCUT2D eigenvalue weighted by Crippen LogP contribution is -2.31. The van der Waals surface area contributed by atoms with Crippen LogP contribution < -0.4 is 9.04 Å². The van der Waals surface area contributed by atoms with E-state index in [1.54, 1.807) is 19.1 Å². The van der Waals surface area contributed by atoms with Crippen molar-refractivity contribution < 1.29 is 18.1 Å². The van der Waals surface area contributed by atoms with Crippen molar-refractivity contribution in [3.8, 4) is 5.75 Å². The predicted molar refractivity (Wildman–Crippen MR) is 95.6 cm³/mol. The predicted octanol–water partition coefficient (Wildman–Crippen LogP) is 3.29. The van der Waals surface area contributed by atoms with Crippen LogP contribution in [0.1, 0.15) is 5.56 Å². The summed E-state index contributed by atoms with van der Waals surface area (Å²) in [7, 11) is -2.44. The van der Waals surface area contributed by atoms with Crippen LogP contribution in [0.5, 0.6) is 5.75 Å². The lowest BCUT2D eigenvalue weighted by Gasteiger charge is -2.24. The first kappa shape index (κ1) is 18.5. The Morgan fingerprint density at radius 2 is 1.88 bits per heavy atom. The van der Waals surface area contributed by atoms with Gasteiger partial charge < -0.3 is 4.74 Å². The van der Waals surface area contributed by atoms with Gasteiger partial charge in [0.25, 0.3) is 15.7 Å². The zero-order chi connectivity index (χ0) is 18.6. The second-order valence-electron chi connectivity index (χ2n) is 5.23. The normalized spacial score (nSPS) is 11.0. The summed E-state index contributed by atoms with van der Waals surface area (Å²) in [6, 6.07) is 10.0. The molecule has 0 radical (unpaired) electrons. The van der Waals surface area contributed by atoms with Gasteiger partial charge in [-0.3, -0.25) is 14.4 Å². The standard InChI is InChI=1S/C17H18N2O5S/c1-4-11-18(17-12-14(19(20)21)6-5-13(17)2)25(22,23)16-9-7-15(24-3)8-10-16/h4-10,12H,1,11H2,2-3H3. The number of hydrogen-bond donors (Lipinski definition) is 0. The molecular formula is C17H18N2O5S. The van der Waals surface area contributed by atoms with Crippen LogP contribution in [-0.4, -0.2) is 27.0 Å². The van der Waals surface area contributed by atoms with Gasteiger partial charge >= 0.3 is 0 Å². The molecule has 0 fully saturated rings. The fourth-order valence-electron chi connectivity index (χ4n) is 2.30. The summed E-state index contributed by atoms with van der Waals surface area (Å²) in [4.78, 5) is 10.5. The fourth-order valence-corrected chi connectivity index (χ4v) is 3.79. The molecule has 0 spiro atoms. The second kappa shape index (κ2) is 7.35. The minimum Gasteiger partial charge on any atom is -0.497 e. The van der Waals surface area contributed by atoms with Crippen LogP contribution in [0.15, 0.2) is 60.0 Å². The van der Waals surface area contributed by atoms with E-state index in [1.165, 1.54) is 43.5 Å². The number of hydrogen-bond acceptors (Lipinski definition) is 5. The zero-order valence-electron chi connectivity index (χ0n) is 13.9. The van der Waals surface area contributed by atoms with Gasteiger partial charge in [-0.15, -0.1) is 6.58 Å². The fraction of sp³-hybridized carbons (Fsp3) is 0.176. The maximum absolute atomic E-state index is 13.0. The summed E-state index contributed by atoms with van der Waals surface area (Å²) in [6.07, 6.45) is 1.43. The van der Waals surface area contributed by atoms with E-state index in [4.69, 9.17) is 4.74 Å². The SMILES string of the molecule is C=CCN(c1cc([N+](=O)[O-])ccc1C)S(=O)(=O)c1ccc(OC)cc1. The molecule has 0 heterocycles. The van der Waals surface area contributed by atoms with Crippen molar-refractivity contribution in [2.75, 3.05) is 18.0 Å². The third-order valence-electron chi connectivity index (χ3n) is 3.61. The van der Waals surface area contributed by atoms with Gasteiger partial charge in [0.1, 0.15) is 5.75 Å². The highest BCUT2D eigenvalue weighted by Gasteiger charge is 2.26. The van der Waals surface area contributed by atoms with Crippen molar-refractivity contribution in [1.82, 2.24) is 0 Å². The van der Waals surface area contributed by atoms with Gasteiger partial charge in [-0.25, -0.2) is 8.42 Å². The van der Waals surface area contributed by atoms with Crippen LogP contribution in [0.25, 0.3) is 0 Å². The van der Waals surface area contributed by atoms with Crippen LogP contribution in [0.4, 0.5) is 11.4 Å². The van der Waals surface area contributed by atoms with Crippen LogP contribution in [0, 0.1) is 17.0 Å². The lowest BCUT2D eigenvalue weighted by molar-refractivity contribution is -0.384. The Hall–Kier alpha value is -2.87. The number of non-ortho nitro benzene ring substituents is 1. The molecule has 0 bridgehead atoms. The Morgan fingerprint density at radius 1 is 1.24 bits per heavy atom. The number of methoxy groups -OCH3 is 1. The van der Waals surface area contributed by atoms with E-state index in [9.17, 15) is 18.5 Å². The van der Waals surface area contributed by atoms with E-state index in [-0.39, 0.29) is 22.8 Å². The zero-order valence-corrected chi connectivity index (χ0v) is 14.7. The summed E-state index contributed by atoms with van der Waals surface area (Å²) in [5.74, 6) is 0.528. The molecule has 0 aliphatic heterocycles. The molecule has 2 rings (SSSR count). The number of benzene rings is 2. The van der Waals surface area contributed by atoms with E-state index < -0.39 is 14.9 Å². The Balaban J connectivity index is 2.58. The molecule has 25 heavy (non-hydrogen) atoms. The van der Waals surface area contributed by atoms with Gasteiger partial charge in [0.15, 0.2) is 0 Å². The number of rotatable bonds is 7. The summed E-state index contributed by atoms with van der Waals surface area (Å²) < 4.78 is 32.2. The lowest BCUT2D eigenvalue weighted by atomic mass is 10.2. The Labute approximate surface area is 146 Å².